The van der Waals surface area contributed by atoms with E-state index in [4.69, 9.17) is 0 Å². The molecule has 84 valence electrons. The van der Waals surface area contributed by atoms with Gasteiger partial charge in [0.2, 0.25) is 0 Å². The zero-order valence-corrected chi connectivity index (χ0v) is 10.2. The molecule has 0 saturated carbocycles. The van der Waals surface area contributed by atoms with Crippen LogP contribution in [-0.4, -0.2) is 0 Å². The van der Waals surface area contributed by atoms with Crippen LogP contribution in [0.15, 0.2) is 54.1 Å². The molecule has 0 radical (unpaired) electrons. The lowest BCUT2D eigenvalue weighted by Gasteiger charge is -2.22. The van der Waals surface area contributed by atoms with Crippen molar-refractivity contribution in [1.82, 2.24) is 0 Å². The van der Waals surface area contributed by atoms with Crippen molar-refractivity contribution in [2.24, 2.45) is 5.92 Å². The third-order valence-corrected chi connectivity index (χ3v) is 3.58. The van der Waals surface area contributed by atoms with Crippen molar-refractivity contribution in [2.45, 2.75) is 32.6 Å². The predicted molar refractivity (Wildman–Crippen MR) is 70.5 cm³/mol. The van der Waals surface area contributed by atoms with Crippen LogP contribution in [0.5, 0.6) is 0 Å². The molecule has 0 N–H and O–H groups in total. The Balaban J connectivity index is 2.12. The summed E-state index contributed by atoms with van der Waals surface area (Å²) >= 11 is 0. The van der Waals surface area contributed by atoms with E-state index in [2.05, 4.69) is 62.4 Å². The molecule has 1 aromatic rings. The summed E-state index contributed by atoms with van der Waals surface area (Å²) in [5.74, 6) is 1.30. The minimum absolute atomic E-state index is 0.579. The highest BCUT2D eigenvalue weighted by atomic mass is 14.2. The highest BCUT2D eigenvalue weighted by molar-refractivity contribution is 5.32. The standard InChI is InChI=1S/C16H20/c1-3-13(2)15-10-7-11-16(12-15)14-8-5-4-6-9-14/h4-11,13,16H,3,12H2,1-2H3. The smallest absolute Gasteiger partial charge is 0.00584 e. The summed E-state index contributed by atoms with van der Waals surface area (Å²) in [5.41, 5.74) is 3.03. The molecule has 16 heavy (non-hydrogen) atoms. The van der Waals surface area contributed by atoms with Gasteiger partial charge in [0.05, 0.1) is 0 Å². The average molecular weight is 212 g/mol. The van der Waals surface area contributed by atoms with Crippen LogP contribution < -0.4 is 0 Å². The molecule has 1 aliphatic carbocycles. The van der Waals surface area contributed by atoms with Crippen molar-refractivity contribution >= 4 is 0 Å². The molecule has 2 atom stereocenters. The van der Waals surface area contributed by atoms with Gasteiger partial charge in [-0.2, -0.15) is 0 Å². The molecule has 0 amide bonds. The maximum Gasteiger partial charge on any atom is 0.00584 e. The Morgan fingerprint density at radius 1 is 1.25 bits per heavy atom. The molecule has 2 unspecified atom stereocenters. The summed E-state index contributed by atoms with van der Waals surface area (Å²) in [4.78, 5) is 0. The molecule has 0 heterocycles. The zero-order valence-electron chi connectivity index (χ0n) is 10.2. The number of allylic oxidation sites excluding steroid dienone is 4. The van der Waals surface area contributed by atoms with Gasteiger partial charge in [0.25, 0.3) is 0 Å². The van der Waals surface area contributed by atoms with Gasteiger partial charge in [-0.15, -0.1) is 0 Å². The summed E-state index contributed by atoms with van der Waals surface area (Å²) in [6, 6.07) is 10.8. The summed E-state index contributed by atoms with van der Waals surface area (Å²) in [5, 5.41) is 0. The van der Waals surface area contributed by atoms with Gasteiger partial charge in [-0.1, -0.05) is 68.0 Å². The third-order valence-electron chi connectivity index (χ3n) is 3.58. The minimum Gasteiger partial charge on any atom is -0.0767 e. The van der Waals surface area contributed by atoms with Gasteiger partial charge in [0, 0.05) is 5.92 Å². The fraction of sp³-hybridized carbons (Fsp3) is 0.375. The normalized spacial score (nSPS) is 21.6. The van der Waals surface area contributed by atoms with E-state index >= 15 is 0 Å². The fourth-order valence-electron chi connectivity index (χ4n) is 2.26. The van der Waals surface area contributed by atoms with Crippen LogP contribution in [0.2, 0.25) is 0 Å². The molecule has 0 heteroatoms. The van der Waals surface area contributed by atoms with Gasteiger partial charge in [-0.25, -0.2) is 0 Å². The zero-order chi connectivity index (χ0) is 11.4. The first-order valence-corrected chi connectivity index (χ1v) is 6.23. The number of hydrogen-bond donors (Lipinski definition) is 0. The molecular weight excluding hydrogens is 192 g/mol. The Hall–Kier alpha value is -1.30. The molecule has 0 nitrogen and oxygen atoms in total. The van der Waals surface area contributed by atoms with Gasteiger partial charge < -0.3 is 0 Å². The van der Waals surface area contributed by atoms with Crippen LogP contribution in [0, 0.1) is 5.92 Å². The molecule has 2 rings (SSSR count). The summed E-state index contributed by atoms with van der Waals surface area (Å²) in [6.45, 7) is 4.59. The monoisotopic (exact) mass is 212 g/mol. The van der Waals surface area contributed by atoms with E-state index < -0.39 is 0 Å². The lowest BCUT2D eigenvalue weighted by molar-refractivity contribution is 0.603. The third kappa shape index (κ3) is 2.44. The Bertz CT molecular complexity index is 384. The van der Waals surface area contributed by atoms with E-state index in [1.54, 1.807) is 5.57 Å². The van der Waals surface area contributed by atoms with Crippen LogP contribution in [0.4, 0.5) is 0 Å². The molecule has 0 aliphatic heterocycles. The second-order valence-corrected chi connectivity index (χ2v) is 4.66. The minimum atomic E-state index is 0.579. The Morgan fingerprint density at radius 3 is 2.69 bits per heavy atom. The van der Waals surface area contributed by atoms with E-state index in [1.807, 2.05) is 0 Å². The van der Waals surface area contributed by atoms with Crippen molar-refractivity contribution in [3.05, 3.63) is 59.7 Å². The van der Waals surface area contributed by atoms with Crippen molar-refractivity contribution in [3.63, 3.8) is 0 Å². The molecule has 0 saturated heterocycles. The predicted octanol–water partition coefficient (Wildman–Crippen LogP) is 4.70. The van der Waals surface area contributed by atoms with Crippen LogP contribution in [0.3, 0.4) is 0 Å². The Morgan fingerprint density at radius 2 is 2.00 bits per heavy atom. The SMILES string of the molecule is CCC(C)C1=CC=CC(c2ccccc2)C1. The Kier molecular flexibility index (Phi) is 3.61. The van der Waals surface area contributed by atoms with Crippen molar-refractivity contribution in [3.8, 4) is 0 Å². The molecule has 0 aromatic heterocycles. The maximum atomic E-state index is 2.33. The lowest BCUT2D eigenvalue weighted by Crippen LogP contribution is -2.06. The van der Waals surface area contributed by atoms with E-state index in [1.165, 1.54) is 18.4 Å². The molecule has 1 aliphatic rings. The van der Waals surface area contributed by atoms with Crippen LogP contribution in [0.25, 0.3) is 0 Å². The Labute approximate surface area is 98.7 Å². The summed E-state index contributed by atoms with van der Waals surface area (Å²) in [6.07, 6.45) is 9.27. The summed E-state index contributed by atoms with van der Waals surface area (Å²) in [7, 11) is 0. The number of rotatable bonds is 3. The molecule has 1 aromatic carbocycles. The molecule has 0 bridgehead atoms. The second kappa shape index (κ2) is 5.16. The van der Waals surface area contributed by atoms with Crippen molar-refractivity contribution < 1.29 is 0 Å². The van der Waals surface area contributed by atoms with E-state index in [0.717, 1.165) is 5.92 Å². The lowest BCUT2D eigenvalue weighted by atomic mass is 9.83. The van der Waals surface area contributed by atoms with Crippen LogP contribution in [0.1, 0.15) is 38.2 Å². The van der Waals surface area contributed by atoms with Gasteiger partial charge in [0.15, 0.2) is 0 Å². The van der Waals surface area contributed by atoms with Crippen LogP contribution >= 0.6 is 0 Å². The van der Waals surface area contributed by atoms with Gasteiger partial charge >= 0.3 is 0 Å². The number of hydrogen-bond acceptors (Lipinski definition) is 0. The molecule has 0 spiro atoms. The van der Waals surface area contributed by atoms with Gasteiger partial charge in [-0.05, 0) is 24.3 Å². The molecular formula is C16H20. The van der Waals surface area contributed by atoms with Gasteiger partial charge in [-0.3, -0.25) is 0 Å². The second-order valence-electron chi connectivity index (χ2n) is 4.66. The highest BCUT2D eigenvalue weighted by Crippen LogP contribution is 2.32. The maximum absolute atomic E-state index is 2.33. The first-order chi connectivity index (χ1) is 7.81. The fourth-order valence-corrected chi connectivity index (χ4v) is 2.26. The van der Waals surface area contributed by atoms with E-state index in [-0.39, 0.29) is 0 Å². The van der Waals surface area contributed by atoms with Crippen molar-refractivity contribution in [1.29, 1.82) is 0 Å². The topological polar surface area (TPSA) is 0 Å². The summed E-state index contributed by atoms with van der Waals surface area (Å²) < 4.78 is 0. The van der Waals surface area contributed by atoms with E-state index in [9.17, 15) is 0 Å². The first-order valence-electron chi connectivity index (χ1n) is 6.23. The van der Waals surface area contributed by atoms with E-state index in [0.29, 0.717) is 5.92 Å². The van der Waals surface area contributed by atoms with Crippen molar-refractivity contribution in [2.75, 3.05) is 0 Å². The van der Waals surface area contributed by atoms with Crippen LogP contribution in [-0.2, 0) is 0 Å². The highest BCUT2D eigenvalue weighted by Gasteiger charge is 2.16. The quantitative estimate of drug-likeness (QED) is 0.681. The first kappa shape index (κ1) is 11.2. The average Bonchev–Trinajstić information content (AvgIpc) is 2.39. The largest absolute Gasteiger partial charge is 0.0767 e. The van der Waals surface area contributed by atoms with Gasteiger partial charge in [0.1, 0.15) is 0 Å². The molecule has 0 fully saturated rings. The number of benzene rings is 1.